The number of aromatic nitrogens is 3. The van der Waals surface area contributed by atoms with Crippen LogP contribution >= 0.6 is 0 Å². The molecule has 0 saturated carbocycles. The zero-order chi connectivity index (χ0) is 29.0. The van der Waals surface area contributed by atoms with Gasteiger partial charge in [-0.15, -0.1) is 0 Å². The molecular formula is C40H28N4. The molecule has 0 radical (unpaired) electrons. The Morgan fingerprint density at radius 1 is 0.500 bits per heavy atom. The van der Waals surface area contributed by atoms with Crippen molar-refractivity contribution in [3.05, 3.63) is 157 Å². The topological polar surface area (TPSA) is 34.8 Å². The highest BCUT2D eigenvalue weighted by Gasteiger charge is 2.22. The summed E-state index contributed by atoms with van der Waals surface area (Å²) in [6.07, 6.45) is 6.49. The summed E-state index contributed by atoms with van der Waals surface area (Å²) in [5, 5.41) is 8.65. The smallest absolute Gasteiger partial charge is 0.0789 e. The van der Waals surface area contributed by atoms with Crippen LogP contribution < -0.4 is 5.32 Å². The van der Waals surface area contributed by atoms with E-state index in [1.54, 1.807) is 0 Å². The van der Waals surface area contributed by atoms with Gasteiger partial charge in [0.15, 0.2) is 0 Å². The maximum Gasteiger partial charge on any atom is 0.0789 e. The number of para-hydroxylation sites is 2. The monoisotopic (exact) mass is 564 g/mol. The Kier molecular flexibility index (Phi) is 5.53. The van der Waals surface area contributed by atoms with Crippen LogP contribution in [0, 0.1) is 0 Å². The number of benzene rings is 5. The zero-order valence-electron chi connectivity index (χ0n) is 24.0. The van der Waals surface area contributed by atoms with Gasteiger partial charge in [-0.2, -0.15) is 0 Å². The van der Waals surface area contributed by atoms with E-state index in [4.69, 9.17) is 4.98 Å². The number of pyridine rings is 1. The van der Waals surface area contributed by atoms with Crippen LogP contribution in [0.3, 0.4) is 0 Å². The molecule has 1 N–H and O–H groups in total. The fourth-order valence-electron chi connectivity index (χ4n) is 6.82. The molecule has 0 saturated heterocycles. The first-order valence-corrected chi connectivity index (χ1v) is 15.0. The van der Waals surface area contributed by atoms with Gasteiger partial charge in [-0.1, -0.05) is 109 Å². The Labute approximate surface area is 254 Å². The molecule has 0 aliphatic carbocycles. The third kappa shape index (κ3) is 3.74. The van der Waals surface area contributed by atoms with Gasteiger partial charge < -0.3 is 14.5 Å². The molecule has 0 spiro atoms. The summed E-state index contributed by atoms with van der Waals surface area (Å²) in [5.41, 5.74) is 11.4. The molecule has 4 nitrogen and oxygen atoms in total. The van der Waals surface area contributed by atoms with E-state index in [0.29, 0.717) is 0 Å². The summed E-state index contributed by atoms with van der Waals surface area (Å²) in [4.78, 5) is 4.93. The minimum absolute atomic E-state index is 0.721. The highest BCUT2D eigenvalue weighted by Crippen LogP contribution is 2.41. The fourth-order valence-corrected chi connectivity index (χ4v) is 6.82. The van der Waals surface area contributed by atoms with E-state index >= 15 is 0 Å². The molecule has 8 aromatic rings. The number of dihydropyridines is 1. The molecule has 9 rings (SSSR count). The molecule has 4 heterocycles. The van der Waals surface area contributed by atoms with Gasteiger partial charge in [-0.25, -0.2) is 0 Å². The van der Waals surface area contributed by atoms with Crippen LogP contribution in [0.5, 0.6) is 0 Å². The Morgan fingerprint density at radius 3 is 1.70 bits per heavy atom. The third-order valence-electron chi connectivity index (χ3n) is 8.82. The van der Waals surface area contributed by atoms with Crippen molar-refractivity contribution >= 4 is 55.0 Å². The molecule has 208 valence electrons. The summed E-state index contributed by atoms with van der Waals surface area (Å²) >= 11 is 0. The summed E-state index contributed by atoms with van der Waals surface area (Å²) in [5.74, 6) is 0. The van der Waals surface area contributed by atoms with Crippen molar-refractivity contribution in [1.29, 1.82) is 0 Å². The van der Waals surface area contributed by atoms with Gasteiger partial charge in [-0.05, 0) is 42.0 Å². The molecule has 0 atom stereocenters. The fraction of sp³-hybridized carbons (Fsp3) is 0.0250. The van der Waals surface area contributed by atoms with Crippen LogP contribution in [-0.4, -0.2) is 20.7 Å². The number of fused-ring (bicyclic) bond motifs is 7. The molecule has 3 aromatic heterocycles. The molecule has 5 aromatic carbocycles. The van der Waals surface area contributed by atoms with E-state index in [2.05, 4.69) is 154 Å². The second kappa shape index (κ2) is 9.85. The van der Waals surface area contributed by atoms with Gasteiger partial charge in [-0.3, -0.25) is 4.98 Å². The van der Waals surface area contributed by atoms with Gasteiger partial charge in [0.05, 0.1) is 46.2 Å². The number of hydrogen-bond donors (Lipinski definition) is 1. The number of nitrogens with one attached hydrogen (secondary N) is 1. The van der Waals surface area contributed by atoms with Crippen molar-refractivity contribution in [3.8, 4) is 16.9 Å². The van der Waals surface area contributed by atoms with Crippen LogP contribution in [0.2, 0.25) is 0 Å². The van der Waals surface area contributed by atoms with E-state index in [1.807, 2.05) is 12.3 Å². The number of allylic oxidation sites excluding steroid dienone is 2. The van der Waals surface area contributed by atoms with E-state index in [9.17, 15) is 0 Å². The number of hydrogen-bond acceptors (Lipinski definition) is 2. The standard InChI is InChI=1S/C40H28N4/c1-3-11-27(12-4-1)35-23-19-29(25-41-35)43-37-17-9-7-15-31(37)33-21-22-34-32-16-8-10-18-38(32)44(40(34)39(33)43)30-20-24-36(42-26-30)28-13-5-2-6-14-28/h1-25,42H,26H2. The summed E-state index contributed by atoms with van der Waals surface area (Å²) in [6.45, 7) is 0.721. The van der Waals surface area contributed by atoms with Crippen LogP contribution in [-0.2, 0) is 0 Å². The van der Waals surface area contributed by atoms with Crippen molar-refractivity contribution in [2.45, 2.75) is 0 Å². The van der Waals surface area contributed by atoms with Crippen LogP contribution in [0.1, 0.15) is 5.56 Å². The summed E-state index contributed by atoms with van der Waals surface area (Å²) in [6, 6.07) is 47.3. The van der Waals surface area contributed by atoms with Crippen molar-refractivity contribution in [2.24, 2.45) is 0 Å². The number of rotatable bonds is 4. The van der Waals surface area contributed by atoms with Crippen LogP contribution in [0.25, 0.3) is 72.0 Å². The molecule has 0 unspecified atom stereocenters. The highest BCUT2D eigenvalue weighted by molar-refractivity contribution is 6.24. The lowest BCUT2D eigenvalue weighted by Gasteiger charge is -2.20. The predicted octanol–water partition coefficient (Wildman–Crippen LogP) is 9.44. The first-order chi connectivity index (χ1) is 21.8. The molecule has 0 amide bonds. The number of nitrogens with zero attached hydrogens (tertiary/aromatic N) is 3. The molecule has 4 heteroatoms. The van der Waals surface area contributed by atoms with Gasteiger partial charge in [0.2, 0.25) is 0 Å². The third-order valence-corrected chi connectivity index (χ3v) is 8.82. The Hall–Kier alpha value is -5.87. The van der Waals surface area contributed by atoms with E-state index in [-0.39, 0.29) is 0 Å². The molecular weight excluding hydrogens is 536 g/mol. The maximum absolute atomic E-state index is 4.93. The lowest BCUT2D eigenvalue weighted by molar-refractivity contribution is 0.958. The quantitative estimate of drug-likeness (QED) is 0.231. The molecule has 1 aliphatic rings. The van der Waals surface area contributed by atoms with Gasteiger partial charge in [0, 0.05) is 38.5 Å². The lowest BCUT2D eigenvalue weighted by atomic mass is 10.1. The van der Waals surface area contributed by atoms with Crippen molar-refractivity contribution in [1.82, 2.24) is 19.4 Å². The minimum atomic E-state index is 0.721. The second-order valence-electron chi connectivity index (χ2n) is 11.3. The highest BCUT2D eigenvalue weighted by atomic mass is 15.1. The summed E-state index contributed by atoms with van der Waals surface area (Å²) < 4.78 is 4.85. The maximum atomic E-state index is 4.93. The van der Waals surface area contributed by atoms with Gasteiger partial charge >= 0.3 is 0 Å². The SMILES string of the molecule is C1=C(c2ccccc2)NCC(n2c3ccccc3c3ccc4c5ccccc5n(-c5ccc(-c6ccccc6)nc5)c4c32)=C1. The van der Waals surface area contributed by atoms with Crippen molar-refractivity contribution in [3.63, 3.8) is 0 Å². The second-order valence-corrected chi connectivity index (χ2v) is 11.3. The van der Waals surface area contributed by atoms with Gasteiger partial charge in [0.25, 0.3) is 0 Å². The normalized spacial score (nSPS) is 13.4. The van der Waals surface area contributed by atoms with Crippen LogP contribution in [0.15, 0.2) is 152 Å². The van der Waals surface area contributed by atoms with Crippen LogP contribution in [0.4, 0.5) is 0 Å². The molecule has 0 fully saturated rings. The molecule has 0 bridgehead atoms. The Balaban J connectivity index is 1.34. The van der Waals surface area contributed by atoms with Gasteiger partial charge in [0.1, 0.15) is 0 Å². The van der Waals surface area contributed by atoms with E-state index < -0.39 is 0 Å². The van der Waals surface area contributed by atoms with E-state index in [1.165, 1.54) is 54.9 Å². The van der Waals surface area contributed by atoms with Crippen molar-refractivity contribution < 1.29 is 0 Å². The van der Waals surface area contributed by atoms with E-state index in [0.717, 1.165) is 29.2 Å². The zero-order valence-corrected chi connectivity index (χ0v) is 24.0. The minimum Gasteiger partial charge on any atom is -0.379 e. The Bertz CT molecular complexity index is 2410. The lowest BCUT2D eigenvalue weighted by Crippen LogP contribution is -2.20. The average Bonchev–Trinajstić information content (AvgIpc) is 3.62. The average molecular weight is 565 g/mol. The first-order valence-electron chi connectivity index (χ1n) is 15.0. The first kappa shape index (κ1) is 24.7. The van der Waals surface area contributed by atoms with Crippen molar-refractivity contribution in [2.75, 3.05) is 6.54 Å². The molecule has 44 heavy (non-hydrogen) atoms. The predicted molar refractivity (Wildman–Crippen MR) is 184 cm³/mol. The summed E-state index contributed by atoms with van der Waals surface area (Å²) in [7, 11) is 0. The Morgan fingerprint density at radius 2 is 1.09 bits per heavy atom. The molecule has 1 aliphatic heterocycles. The largest absolute Gasteiger partial charge is 0.379 e.